The first-order valence-electron chi connectivity index (χ1n) is 8.51. The quantitative estimate of drug-likeness (QED) is 0.869. The molecule has 134 valence electrons. The summed E-state index contributed by atoms with van der Waals surface area (Å²) in [7, 11) is 1.62. The Bertz CT molecular complexity index is 550. The molecule has 0 radical (unpaired) electrons. The van der Waals surface area contributed by atoms with Crippen molar-refractivity contribution in [3.8, 4) is 11.5 Å². The highest BCUT2D eigenvalue weighted by Crippen LogP contribution is 2.28. The van der Waals surface area contributed by atoms with Gasteiger partial charge >= 0.3 is 0 Å². The fraction of sp³-hybridized carbons (Fsp3) is 0.632. The number of rotatable bonds is 5. The zero-order valence-electron chi connectivity index (χ0n) is 15.6. The average Bonchev–Trinajstić information content (AvgIpc) is 2.44. The number of carbonyl (C=O) groups is 1. The molecule has 0 aromatic heterocycles. The van der Waals surface area contributed by atoms with Gasteiger partial charge in [-0.1, -0.05) is 0 Å². The summed E-state index contributed by atoms with van der Waals surface area (Å²) in [4.78, 5) is 12.5. The van der Waals surface area contributed by atoms with Gasteiger partial charge in [0.1, 0.15) is 11.5 Å². The molecule has 1 atom stereocenters. The lowest BCUT2D eigenvalue weighted by Gasteiger charge is -2.46. The smallest absolute Gasteiger partial charge is 0.260 e. The van der Waals surface area contributed by atoms with Crippen LogP contribution in [0.4, 0.5) is 0 Å². The molecule has 1 aromatic rings. The van der Waals surface area contributed by atoms with Crippen LogP contribution >= 0.6 is 0 Å². The number of hydrogen-bond donors (Lipinski definition) is 2. The van der Waals surface area contributed by atoms with Crippen molar-refractivity contribution in [2.75, 3.05) is 7.11 Å². The molecule has 2 N–H and O–H groups in total. The van der Waals surface area contributed by atoms with Crippen LogP contribution < -0.4 is 20.1 Å². The van der Waals surface area contributed by atoms with Gasteiger partial charge in [-0.3, -0.25) is 4.79 Å². The van der Waals surface area contributed by atoms with Gasteiger partial charge in [-0.15, -0.1) is 0 Å². The zero-order valence-corrected chi connectivity index (χ0v) is 15.6. The highest BCUT2D eigenvalue weighted by atomic mass is 16.5. The molecule has 1 saturated heterocycles. The molecule has 1 aromatic carbocycles. The van der Waals surface area contributed by atoms with Crippen LogP contribution in [0.3, 0.4) is 0 Å². The molecule has 0 saturated carbocycles. The maximum atomic E-state index is 12.5. The van der Waals surface area contributed by atoms with Crippen molar-refractivity contribution in [2.45, 2.75) is 70.7 Å². The second-order valence-electron chi connectivity index (χ2n) is 7.94. The Hall–Kier alpha value is -1.75. The van der Waals surface area contributed by atoms with E-state index >= 15 is 0 Å². The van der Waals surface area contributed by atoms with Crippen molar-refractivity contribution in [1.29, 1.82) is 0 Å². The van der Waals surface area contributed by atoms with Crippen molar-refractivity contribution < 1.29 is 14.3 Å². The molecule has 5 nitrogen and oxygen atoms in total. The first-order chi connectivity index (χ1) is 11.1. The summed E-state index contributed by atoms with van der Waals surface area (Å²) in [5.74, 6) is 1.34. The maximum absolute atomic E-state index is 12.5. The van der Waals surface area contributed by atoms with Crippen molar-refractivity contribution in [2.24, 2.45) is 0 Å². The largest absolute Gasteiger partial charge is 0.497 e. The third-order valence-corrected chi connectivity index (χ3v) is 4.28. The van der Waals surface area contributed by atoms with Crippen LogP contribution in [-0.4, -0.2) is 36.2 Å². The van der Waals surface area contributed by atoms with Gasteiger partial charge in [0.05, 0.1) is 7.11 Å². The molecule has 0 spiro atoms. The Morgan fingerprint density at radius 1 is 1.12 bits per heavy atom. The standard InChI is InChI=1S/C19H30N2O3/c1-13(24-16-9-7-15(23-6)8-10-16)17(22)20-14-11-18(2,3)21-19(4,5)12-14/h7-10,13-14,21H,11-12H2,1-6H3,(H,20,22). The monoisotopic (exact) mass is 334 g/mol. The number of hydrogen-bond acceptors (Lipinski definition) is 4. The van der Waals surface area contributed by atoms with E-state index in [1.54, 1.807) is 26.2 Å². The van der Waals surface area contributed by atoms with E-state index in [4.69, 9.17) is 9.47 Å². The average molecular weight is 334 g/mol. The minimum absolute atomic E-state index is 0.000223. The van der Waals surface area contributed by atoms with Crippen molar-refractivity contribution in [1.82, 2.24) is 10.6 Å². The van der Waals surface area contributed by atoms with Gasteiger partial charge in [-0.2, -0.15) is 0 Å². The minimum Gasteiger partial charge on any atom is -0.497 e. The summed E-state index contributed by atoms with van der Waals surface area (Å²) < 4.78 is 10.9. The predicted octanol–water partition coefficient (Wildman–Crippen LogP) is 2.89. The van der Waals surface area contributed by atoms with E-state index in [1.807, 2.05) is 12.1 Å². The van der Waals surface area contributed by atoms with Crippen LogP contribution in [0.2, 0.25) is 0 Å². The van der Waals surface area contributed by atoms with Gasteiger partial charge in [0, 0.05) is 17.1 Å². The molecule has 24 heavy (non-hydrogen) atoms. The van der Waals surface area contributed by atoms with Crippen LogP contribution in [0, 0.1) is 0 Å². The van der Waals surface area contributed by atoms with Crippen LogP contribution in [0.15, 0.2) is 24.3 Å². The molecule has 5 heteroatoms. The molecular weight excluding hydrogens is 304 g/mol. The first kappa shape index (κ1) is 18.6. The molecular formula is C19H30N2O3. The van der Waals surface area contributed by atoms with Gasteiger partial charge in [-0.05, 0) is 71.7 Å². The first-order valence-corrected chi connectivity index (χ1v) is 8.51. The third kappa shape index (κ3) is 5.13. The van der Waals surface area contributed by atoms with E-state index in [0.717, 1.165) is 18.6 Å². The Kier molecular flexibility index (Phi) is 5.43. The molecule has 0 aliphatic carbocycles. The second kappa shape index (κ2) is 7.01. The fourth-order valence-corrected chi connectivity index (χ4v) is 3.65. The Morgan fingerprint density at radius 2 is 1.62 bits per heavy atom. The van der Waals surface area contributed by atoms with Crippen LogP contribution in [-0.2, 0) is 4.79 Å². The van der Waals surface area contributed by atoms with Crippen molar-refractivity contribution in [3.05, 3.63) is 24.3 Å². The molecule has 1 aliphatic heterocycles. The Balaban J connectivity index is 1.93. The minimum atomic E-state index is -0.542. The fourth-order valence-electron chi connectivity index (χ4n) is 3.65. The third-order valence-electron chi connectivity index (χ3n) is 4.28. The highest BCUT2D eigenvalue weighted by Gasteiger charge is 2.38. The van der Waals surface area contributed by atoms with Gasteiger partial charge in [0.2, 0.25) is 0 Å². The summed E-state index contributed by atoms with van der Waals surface area (Å²) in [6.45, 7) is 10.5. The summed E-state index contributed by atoms with van der Waals surface area (Å²) in [6.07, 6.45) is 1.26. The summed E-state index contributed by atoms with van der Waals surface area (Å²) in [5, 5.41) is 6.76. The number of benzene rings is 1. The van der Waals surface area contributed by atoms with Crippen LogP contribution in [0.1, 0.15) is 47.5 Å². The van der Waals surface area contributed by atoms with Gasteiger partial charge < -0.3 is 20.1 Å². The molecule has 1 amide bonds. The topological polar surface area (TPSA) is 59.6 Å². The molecule has 0 bridgehead atoms. The van der Waals surface area contributed by atoms with Crippen molar-refractivity contribution in [3.63, 3.8) is 0 Å². The van der Waals surface area contributed by atoms with E-state index in [2.05, 4.69) is 38.3 Å². The SMILES string of the molecule is COc1ccc(OC(C)C(=O)NC2CC(C)(C)NC(C)(C)C2)cc1. The number of ether oxygens (including phenoxy) is 2. The number of nitrogens with one attached hydrogen (secondary N) is 2. The number of methoxy groups -OCH3 is 1. The maximum Gasteiger partial charge on any atom is 0.260 e. The summed E-state index contributed by atoms with van der Waals surface area (Å²) in [5.41, 5.74) is -0.000446. The van der Waals surface area contributed by atoms with E-state index < -0.39 is 6.10 Å². The summed E-state index contributed by atoms with van der Waals surface area (Å²) >= 11 is 0. The Labute approximate surface area is 145 Å². The zero-order chi connectivity index (χ0) is 18.0. The Morgan fingerprint density at radius 3 is 2.12 bits per heavy atom. The van der Waals surface area contributed by atoms with Crippen LogP contribution in [0.5, 0.6) is 11.5 Å². The van der Waals surface area contributed by atoms with E-state index in [0.29, 0.717) is 5.75 Å². The molecule has 1 fully saturated rings. The molecule has 2 rings (SSSR count). The van der Waals surface area contributed by atoms with Crippen LogP contribution in [0.25, 0.3) is 0 Å². The van der Waals surface area contributed by atoms with Gasteiger partial charge in [0.15, 0.2) is 6.10 Å². The summed E-state index contributed by atoms with van der Waals surface area (Å²) in [6, 6.07) is 7.39. The lowest BCUT2D eigenvalue weighted by atomic mass is 9.79. The molecule has 1 aliphatic rings. The van der Waals surface area contributed by atoms with E-state index in [-0.39, 0.29) is 23.0 Å². The number of amides is 1. The lowest BCUT2D eigenvalue weighted by molar-refractivity contribution is -0.128. The van der Waals surface area contributed by atoms with Gasteiger partial charge in [-0.25, -0.2) is 0 Å². The highest BCUT2D eigenvalue weighted by molar-refractivity contribution is 5.81. The molecule has 1 heterocycles. The van der Waals surface area contributed by atoms with E-state index in [9.17, 15) is 4.79 Å². The van der Waals surface area contributed by atoms with Gasteiger partial charge in [0.25, 0.3) is 5.91 Å². The number of carbonyl (C=O) groups excluding carboxylic acids is 1. The lowest BCUT2D eigenvalue weighted by Crippen LogP contribution is -2.62. The van der Waals surface area contributed by atoms with E-state index in [1.165, 1.54) is 0 Å². The molecule has 1 unspecified atom stereocenters. The normalized spacial score (nSPS) is 20.9. The van der Waals surface area contributed by atoms with Crippen molar-refractivity contribution >= 4 is 5.91 Å². The number of piperidine rings is 1. The predicted molar refractivity (Wildman–Crippen MR) is 95.5 cm³/mol. The second-order valence-corrected chi connectivity index (χ2v) is 7.94.